The number of ether oxygens (including phenoxy) is 3. The van der Waals surface area contributed by atoms with E-state index >= 15 is 0 Å². The van der Waals surface area contributed by atoms with E-state index in [9.17, 15) is 4.21 Å². The predicted molar refractivity (Wildman–Crippen MR) is 100 cm³/mol. The molecule has 5 nitrogen and oxygen atoms in total. The monoisotopic (exact) mass is 367 g/mol. The van der Waals surface area contributed by atoms with Gasteiger partial charge in [0.2, 0.25) is 0 Å². The minimum absolute atomic E-state index is 0.0554. The summed E-state index contributed by atoms with van der Waals surface area (Å²) in [5.74, 6) is -0.0554. The van der Waals surface area contributed by atoms with E-state index in [-0.39, 0.29) is 18.1 Å². The SMILES string of the molecule is COCOC[C@]1(COCc2ccccc2)C[C@@H]1C(=N)[S@](=O)C(C)(C)C. The second-order valence-electron chi connectivity index (χ2n) is 7.60. The summed E-state index contributed by atoms with van der Waals surface area (Å²) in [4.78, 5) is 0. The molecule has 1 saturated carbocycles. The molecule has 0 saturated heterocycles. The van der Waals surface area contributed by atoms with Gasteiger partial charge in [-0.1, -0.05) is 30.3 Å². The molecule has 0 radical (unpaired) electrons. The molecule has 0 spiro atoms. The molecule has 1 aromatic rings. The van der Waals surface area contributed by atoms with Gasteiger partial charge in [0, 0.05) is 23.2 Å². The predicted octanol–water partition coefficient (Wildman–Crippen LogP) is 3.35. The quantitative estimate of drug-likeness (QED) is 0.314. The molecular weight excluding hydrogens is 338 g/mol. The van der Waals surface area contributed by atoms with E-state index < -0.39 is 15.5 Å². The molecule has 1 aliphatic carbocycles. The smallest absolute Gasteiger partial charge is 0.146 e. The van der Waals surface area contributed by atoms with Crippen molar-refractivity contribution in [3.63, 3.8) is 0 Å². The first kappa shape index (κ1) is 20.2. The lowest BCUT2D eigenvalue weighted by Gasteiger charge is -2.21. The van der Waals surface area contributed by atoms with Gasteiger partial charge in [-0.05, 0) is 32.8 Å². The summed E-state index contributed by atoms with van der Waals surface area (Å²) in [6.45, 7) is 7.36. The molecule has 0 aliphatic heterocycles. The number of hydrogen-bond acceptors (Lipinski definition) is 5. The maximum absolute atomic E-state index is 12.5. The zero-order valence-corrected chi connectivity index (χ0v) is 16.4. The van der Waals surface area contributed by atoms with Gasteiger partial charge in [-0.2, -0.15) is 0 Å². The van der Waals surface area contributed by atoms with Gasteiger partial charge in [-0.25, -0.2) is 0 Å². The molecule has 1 fully saturated rings. The van der Waals surface area contributed by atoms with Crippen LogP contribution in [0, 0.1) is 16.7 Å². The van der Waals surface area contributed by atoms with Crippen molar-refractivity contribution in [2.45, 2.75) is 38.5 Å². The Labute approximate surface area is 153 Å². The van der Waals surface area contributed by atoms with Crippen LogP contribution in [0.5, 0.6) is 0 Å². The summed E-state index contributed by atoms with van der Waals surface area (Å²) in [5.41, 5.74) is 0.840. The van der Waals surface area contributed by atoms with Gasteiger partial charge >= 0.3 is 0 Å². The molecule has 0 bridgehead atoms. The first-order valence-electron chi connectivity index (χ1n) is 8.49. The highest BCUT2D eigenvalue weighted by atomic mass is 32.2. The Bertz CT molecular complexity index is 599. The Hall–Kier alpha value is -1.08. The summed E-state index contributed by atoms with van der Waals surface area (Å²) < 4.78 is 28.5. The Morgan fingerprint density at radius 2 is 1.88 bits per heavy atom. The summed E-state index contributed by atoms with van der Waals surface area (Å²) >= 11 is 0. The number of nitrogens with one attached hydrogen (secondary N) is 1. The molecule has 25 heavy (non-hydrogen) atoms. The largest absolute Gasteiger partial charge is 0.376 e. The zero-order valence-electron chi connectivity index (χ0n) is 15.5. The minimum Gasteiger partial charge on any atom is -0.376 e. The average molecular weight is 368 g/mol. The van der Waals surface area contributed by atoms with Gasteiger partial charge in [0.05, 0.1) is 35.7 Å². The van der Waals surface area contributed by atoms with E-state index in [1.165, 1.54) is 0 Å². The maximum Gasteiger partial charge on any atom is 0.146 e. The third kappa shape index (κ3) is 5.45. The standard InChI is InChI=1S/C19H29NO4S/c1-18(2,3)25(21)17(20)16-10-19(16,13-24-14-22-4)12-23-11-15-8-6-5-7-9-15/h5-9,16,20H,10-14H2,1-4H3/t16-,19-,25+/m1/s1. The fraction of sp³-hybridized carbons (Fsp3) is 0.632. The van der Waals surface area contributed by atoms with Crippen molar-refractivity contribution in [1.29, 1.82) is 5.41 Å². The van der Waals surface area contributed by atoms with E-state index in [2.05, 4.69) is 0 Å². The number of hydrogen-bond donors (Lipinski definition) is 1. The van der Waals surface area contributed by atoms with Gasteiger partial charge in [0.25, 0.3) is 0 Å². The van der Waals surface area contributed by atoms with E-state index in [1.807, 2.05) is 51.1 Å². The summed E-state index contributed by atoms with van der Waals surface area (Å²) in [6.07, 6.45) is 0.770. The van der Waals surface area contributed by atoms with Crippen molar-refractivity contribution in [2.24, 2.45) is 11.3 Å². The Kier molecular flexibility index (Phi) is 6.91. The fourth-order valence-electron chi connectivity index (χ4n) is 2.81. The molecule has 1 aliphatic rings. The van der Waals surface area contributed by atoms with Gasteiger partial charge in [-0.3, -0.25) is 9.62 Å². The first-order chi connectivity index (χ1) is 11.8. The molecule has 1 aromatic carbocycles. The van der Waals surface area contributed by atoms with Crippen LogP contribution in [0.15, 0.2) is 30.3 Å². The third-order valence-corrected chi connectivity index (χ3v) is 6.15. The van der Waals surface area contributed by atoms with Crippen molar-refractivity contribution < 1.29 is 18.4 Å². The summed E-state index contributed by atoms with van der Waals surface area (Å²) in [6, 6.07) is 9.99. The lowest BCUT2D eigenvalue weighted by Crippen LogP contribution is -2.32. The highest BCUT2D eigenvalue weighted by Crippen LogP contribution is 2.54. The highest BCUT2D eigenvalue weighted by Gasteiger charge is 2.58. The Morgan fingerprint density at radius 3 is 2.48 bits per heavy atom. The molecular formula is C19H29NO4S. The third-order valence-electron chi connectivity index (χ3n) is 4.35. The topological polar surface area (TPSA) is 68.6 Å². The van der Waals surface area contributed by atoms with Crippen LogP contribution in [0.3, 0.4) is 0 Å². The molecule has 1 N–H and O–H groups in total. The van der Waals surface area contributed by atoms with Crippen molar-refractivity contribution in [3.05, 3.63) is 35.9 Å². The molecule has 3 atom stereocenters. The van der Waals surface area contributed by atoms with Crippen LogP contribution in [0.4, 0.5) is 0 Å². The fourth-order valence-corrected chi connectivity index (χ4v) is 4.06. The lowest BCUT2D eigenvalue weighted by atomic mass is 10.1. The van der Waals surface area contributed by atoms with Crippen molar-refractivity contribution in [3.8, 4) is 0 Å². The molecule has 0 unspecified atom stereocenters. The van der Waals surface area contributed by atoms with Crippen molar-refractivity contribution >= 4 is 15.8 Å². The average Bonchev–Trinajstić information content (AvgIpc) is 3.28. The van der Waals surface area contributed by atoms with Crippen LogP contribution < -0.4 is 0 Å². The first-order valence-corrected chi connectivity index (χ1v) is 9.64. The van der Waals surface area contributed by atoms with E-state index in [1.54, 1.807) is 7.11 Å². The highest BCUT2D eigenvalue weighted by molar-refractivity contribution is 8.01. The molecule has 0 amide bonds. The van der Waals surface area contributed by atoms with Crippen LogP contribution in [-0.2, 0) is 31.6 Å². The minimum atomic E-state index is -1.30. The number of methoxy groups -OCH3 is 1. The number of benzene rings is 1. The second-order valence-corrected chi connectivity index (χ2v) is 9.80. The van der Waals surface area contributed by atoms with Gasteiger partial charge in [0.1, 0.15) is 6.79 Å². The second kappa shape index (κ2) is 8.54. The van der Waals surface area contributed by atoms with Crippen LogP contribution in [0.2, 0.25) is 0 Å². The molecule has 0 heterocycles. The van der Waals surface area contributed by atoms with Gasteiger partial charge < -0.3 is 14.2 Å². The normalized spacial score (nSPS) is 24.1. The lowest BCUT2D eigenvalue weighted by molar-refractivity contribution is -0.0627. The van der Waals surface area contributed by atoms with Crippen molar-refractivity contribution in [1.82, 2.24) is 0 Å². The van der Waals surface area contributed by atoms with Crippen LogP contribution >= 0.6 is 0 Å². The van der Waals surface area contributed by atoms with Crippen LogP contribution in [-0.4, -0.2) is 41.1 Å². The molecule has 0 aromatic heterocycles. The zero-order chi connectivity index (χ0) is 18.5. The Morgan fingerprint density at radius 1 is 1.24 bits per heavy atom. The number of rotatable bonds is 9. The molecule has 6 heteroatoms. The summed E-state index contributed by atoms with van der Waals surface area (Å²) in [7, 11) is 0.279. The molecule has 2 rings (SSSR count). The van der Waals surface area contributed by atoms with Crippen LogP contribution in [0.1, 0.15) is 32.8 Å². The van der Waals surface area contributed by atoms with E-state index in [4.69, 9.17) is 19.6 Å². The Balaban J connectivity index is 1.96. The van der Waals surface area contributed by atoms with Crippen LogP contribution in [0.25, 0.3) is 0 Å². The van der Waals surface area contributed by atoms with E-state index in [0.717, 1.165) is 12.0 Å². The summed E-state index contributed by atoms with van der Waals surface area (Å²) in [5, 5.41) is 8.66. The van der Waals surface area contributed by atoms with Gasteiger partial charge in [-0.15, -0.1) is 0 Å². The van der Waals surface area contributed by atoms with E-state index in [0.29, 0.717) is 24.9 Å². The maximum atomic E-state index is 12.5. The molecule has 140 valence electrons. The van der Waals surface area contributed by atoms with Gasteiger partial charge in [0.15, 0.2) is 0 Å². The van der Waals surface area contributed by atoms with Crippen molar-refractivity contribution in [2.75, 3.05) is 27.1 Å².